The van der Waals surface area contributed by atoms with Crippen LogP contribution in [0.4, 0.5) is 5.69 Å². The molecule has 2 aromatic rings. The average Bonchev–Trinajstić information content (AvgIpc) is 3.02. The van der Waals surface area contributed by atoms with Crippen LogP contribution in [-0.4, -0.2) is 31.2 Å². The molecule has 1 fully saturated rings. The van der Waals surface area contributed by atoms with Gasteiger partial charge in [-0.25, -0.2) is 4.79 Å². The molecule has 0 spiro atoms. The van der Waals surface area contributed by atoms with Gasteiger partial charge in [0.2, 0.25) is 0 Å². The van der Waals surface area contributed by atoms with Gasteiger partial charge in [-0.2, -0.15) is 0 Å². The maximum atomic E-state index is 11.1. The Morgan fingerprint density at radius 3 is 3.16 bits per heavy atom. The van der Waals surface area contributed by atoms with Crippen molar-refractivity contribution in [2.45, 2.75) is 25.3 Å². The second-order valence-electron chi connectivity index (χ2n) is 5.20. The van der Waals surface area contributed by atoms with Crippen molar-refractivity contribution < 1.29 is 4.42 Å². The number of hydrogen-bond acceptors (Lipinski definition) is 4. The summed E-state index contributed by atoms with van der Waals surface area (Å²) in [6.45, 7) is 2.15. The number of H-pyrrole nitrogens is 1. The van der Waals surface area contributed by atoms with E-state index in [4.69, 9.17) is 4.42 Å². The Morgan fingerprint density at radius 1 is 1.47 bits per heavy atom. The molecule has 0 saturated carbocycles. The molecular formula is C14H19N3O2. The Hall–Kier alpha value is -1.75. The topological polar surface area (TPSA) is 61.3 Å². The zero-order valence-corrected chi connectivity index (χ0v) is 11.1. The summed E-state index contributed by atoms with van der Waals surface area (Å²) in [6.07, 6.45) is 3.72. The van der Waals surface area contributed by atoms with Gasteiger partial charge in [-0.05, 0) is 44.0 Å². The number of hydrogen-bond donors (Lipinski definition) is 2. The number of oxazole rings is 1. The van der Waals surface area contributed by atoms with Crippen molar-refractivity contribution in [1.29, 1.82) is 0 Å². The number of aromatic nitrogens is 1. The second kappa shape index (κ2) is 5.09. The van der Waals surface area contributed by atoms with Crippen LogP contribution >= 0.6 is 0 Å². The Bertz CT molecular complexity index is 610. The molecule has 1 aliphatic heterocycles. The SMILES string of the molecule is CN(CCC1CCCN1)c1ccc2oc(=O)[nH]c2c1. The van der Waals surface area contributed by atoms with Crippen LogP contribution in [0.1, 0.15) is 19.3 Å². The molecule has 102 valence electrons. The van der Waals surface area contributed by atoms with Gasteiger partial charge in [-0.3, -0.25) is 4.98 Å². The molecule has 0 bridgehead atoms. The highest BCUT2D eigenvalue weighted by molar-refractivity contribution is 5.77. The molecule has 1 aromatic carbocycles. The van der Waals surface area contributed by atoms with Crippen LogP contribution in [0.5, 0.6) is 0 Å². The van der Waals surface area contributed by atoms with E-state index in [1.807, 2.05) is 18.2 Å². The lowest BCUT2D eigenvalue weighted by Gasteiger charge is -2.21. The fourth-order valence-corrected chi connectivity index (χ4v) is 2.66. The van der Waals surface area contributed by atoms with Gasteiger partial charge in [0.25, 0.3) is 0 Å². The first-order valence-corrected chi connectivity index (χ1v) is 6.80. The smallest absolute Gasteiger partial charge is 0.408 e. The standard InChI is InChI=1S/C14H19N3O2/c1-17(8-6-10-3-2-7-15-10)11-4-5-13-12(9-11)16-14(18)19-13/h4-5,9-10,15H,2-3,6-8H2,1H3,(H,16,18). The number of nitrogens with zero attached hydrogens (tertiary/aromatic N) is 1. The first-order valence-electron chi connectivity index (χ1n) is 6.80. The van der Waals surface area contributed by atoms with Crippen LogP contribution < -0.4 is 16.0 Å². The Labute approximate surface area is 111 Å². The first kappa shape index (κ1) is 12.3. The van der Waals surface area contributed by atoms with E-state index < -0.39 is 5.76 Å². The van der Waals surface area contributed by atoms with E-state index in [0.717, 1.165) is 30.7 Å². The molecule has 2 N–H and O–H groups in total. The summed E-state index contributed by atoms with van der Waals surface area (Å²) < 4.78 is 5.00. The summed E-state index contributed by atoms with van der Waals surface area (Å²) in [5, 5.41) is 3.51. The third-order valence-electron chi connectivity index (χ3n) is 3.82. The molecule has 1 saturated heterocycles. The first-order chi connectivity index (χ1) is 9.22. The zero-order valence-electron chi connectivity index (χ0n) is 11.1. The highest BCUT2D eigenvalue weighted by atomic mass is 16.4. The highest BCUT2D eigenvalue weighted by Crippen LogP contribution is 2.20. The predicted octanol–water partition coefficient (Wildman–Crippen LogP) is 1.70. The molecule has 2 heterocycles. The number of fused-ring (bicyclic) bond motifs is 1. The van der Waals surface area contributed by atoms with Crippen molar-refractivity contribution in [2.75, 3.05) is 25.0 Å². The number of benzene rings is 1. The Morgan fingerprint density at radius 2 is 2.37 bits per heavy atom. The molecule has 0 radical (unpaired) electrons. The summed E-state index contributed by atoms with van der Waals surface area (Å²) in [5.41, 5.74) is 2.47. The van der Waals surface area contributed by atoms with E-state index >= 15 is 0 Å². The van der Waals surface area contributed by atoms with Crippen molar-refractivity contribution >= 4 is 16.8 Å². The summed E-state index contributed by atoms with van der Waals surface area (Å²) in [5.74, 6) is -0.398. The van der Waals surface area contributed by atoms with Crippen LogP contribution in [0.15, 0.2) is 27.4 Å². The van der Waals surface area contributed by atoms with Crippen LogP contribution in [0.2, 0.25) is 0 Å². The van der Waals surface area contributed by atoms with Crippen molar-refractivity contribution in [1.82, 2.24) is 10.3 Å². The Kier molecular flexibility index (Phi) is 3.29. The van der Waals surface area contributed by atoms with Gasteiger partial charge in [-0.15, -0.1) is 0 Å². The molecule has 1 atom stereocenters. The van der Waals surface area contributed by atoms with Gasteiger partial charge < -0.3 is 14.6 Å². The van der Waals surface area contributed by atoms with Gasteiger partial charge in [0, 0.05) is 25.3 Å². The number of nitrogens with one attached hydrogen (secondary N) is 2. The summed E-state index contributed by atoms with van der Waals surface area (Å²) in [7, 11) is 2.08. The number of rotatable bonds is 4. The fraction of sp³-hybridized carbons (Fsp3) is 0.500. The molecular weight excluding hydrogens is 242 g/mol. The highest BCUT2D eigenvalue weighted by Gasteiger charge is 2.14. The molecule has 3 rings (SSSR count). The van der Waals surface area contributed by atoms with E-state index in [1.165, 1.54) is 12.8 Å². The third-order valence-corrected chi connectivity index (χ3v) is 3.82. The third kappa shape index (κ3) is 2.66. The molecule has 5 nitrogen and oxygen atoms in total. The quantitative estimate of drug-likeness (QED) is 0.879. The second-order valence-corrected chi connectivity index (χ2v) is 5.20. The monoisotopic (exact) mass is 261 g/mol. The van der Waals surface area contributed by atoms with Crippen LogP contribution in [-0.2, 0) is 0 Å². The molecule has 0 aliphatic carbocycles. The molecule has 5 heteroatoms. The largest absolute Gasteiger partial charge is 0.417 e. The molecule has 1 aliphatic rings. The number of aromatic amines is 1. The van der Waals surface area contributed by atoms with Crippen molar-refractivity contribution in [3.05, 3.63) is 28.7 Å². The maximum absolute atomic E-state index is 11.1. The summed E-state index contributed by atoms with van der Waals surface area (Å²) >= 11 is 0. The van der Waals surface area contributed by atoms with Crippen molar-refractivity contribution in [2.24, 2.45) is 0 Å². The lowest BCUT2D eigenvalue weighted by molar-refractivity contribution is 0.555. The zero-order chi connectivity index (χ0) is 13.2. The van der Waals surface area contributed by atoms with Crippen LogP contribution in [0.25, 0.3) is 11.1 Å². The number of anilines is 1. The normalized spacial score (nSPS) is 19.1. The van der Waals surface area contributed by atoms with Crippen LogP contribution in [0.3, 0.4) is 0 Å². The average molecular weight is 261 g/mol. The molecule has 19 heavy (non-hydrogen) atoms. The van der Waals surface area contributed by atoms with Gasteiger partial charge in [0.1, 0.15) is 0 Å². The lowest BCUT2D eigenvalue weighted by Crippen LogP contribution is -2.28. The lowest BCUT2D eigenvalue weighted by atomic mass is 10.1. The molecule has 1 unspecified atom stereocenters. The van der Waals surface area contributed by atoms with E-state index in [1.54, 1.807) is 0 Å². The minimum absolute atomic E-state index is 0.398. The maximum Gasteiger partial charge on any atom is 0.417 e. The van der Waals surface area contributed by atoms with E-state index in [-0.39, 0.29) is 0 Å². The fourth-order valence-electron chi connectivity index (χ4n) is 2.66. The van der Waals surface area contributed by atoms with Crippen molar-refractivity contribution in [3.8, 4) is 0 Å². The Balaban J connectivity index is 1.69. The summed E-state index contributed by atoms with van der Waals surface area (Å²) in [4.78, 5) is 16.0. The summed E-state index contributed by atoms with van der Waals surface area (Å²) in [6, 6.07) is 6.44. The minimum Gasteiger partial charge on any atom is -0.408 e. The predicted molar refractivity (Wildman–Crippen MR) is 75.7 cm³/mol. The van der Waals surface area contributed by atoms with E-state index in [2.05, 4.69) is 22.2 Å². The minimum atomic E-state index is -0.398. The van der Waals surface area contributed by atoms with Gasteiger partial charge in [0.05, 0.1) is 5.52 Å². The van der Waals surface area contributed by atoms with E-state index in [9.17, 15) is 4.79 Å². The molecule has 0 amide bonds. The van der Waals surface area contributed by atoms with Crippen molar-refractivity contribution in [3.63, 3.8) is 0 Å². The van der Waals surface area contributed by atoms with Gasteiger partial charge in [0.15, 0.2) is 5.58 Å². The molecule has 1 aromatic heterocycles. The van der Waals surface area contributed by atoms with Gasteiger partial charge >= 0.3 is 5.76 Å². The van der Waals surface area contributed by atoms with Gasteiger partial charge in [-0.1, -0.05) is 0 Å². The van der Waals surface area contributed by atoms with Crippen LogP contribution in [0, 0.1) is 0 Å². The van der Waals surface area contributed by atoms with E-state index in [0.29, 0.717) is 11.6 Å².